The lowest BCUT2D eigenvalue weighted by molar-refractivity contribution is -0.0141. The summed E-state index contributed by atoms with van der Waals surface area (Å²) in [6, 6.07) is 7.70. The van der Waals surface area contributed by atoms with Gasteiger partial charge in [0.05, 0.1) is 13.2 Å². The highest BCUT2D eigenvalue weighted by molar-refractivity contribution is 5.20. The highest BCUT2D eigenvalue weighted by Gasteiger charge is 2.34. The number of hydrogen-bond acceptors (Lipinski definition) is 2. The summed E-state index contributed by atoms with van der Waals surface area (Å²) in [5, 5.41) is 11.9. The average Bonchev–Trinajstić information content (AvgIpc) is 2.37. The van der Waals surface area contributed by atoms with Crippen LogP contribution in [0.4, 0.5) is 8.78 Å². The Morgan fingerprint density at radius 1 is 1.24 bits per heavy atom. The third-order valence-corrected chi connectivity index (χ3v) is 3.06. The lowest BCUT2D eigenvalue weighted by atomic mass is 9.99. The highest BCUT2D eigenvalue weighted by Crippen LogP contribution is 2.27. The van der Waals surface area contributed by atoms with Gasteiger partial charge < -0.3 is 10.4 Å². The average molecular weight is 243 g/mol. The van der Waals surface area contributed by atoms with Crippen LogP contribution in [0.1, 0.15) is 25.8 Å². The van der Waals surface area contributed by atoms with Gasteiger partial charge in [-0.3, -0.25) is 0 Å². The van der Waals surface area contributed by atoms with Crippen molar-refractivity contribution in [1.82, 2.24) is 5.32 Å². The number of alkyl halides is 2. The van der Waals surface area contributed by atoms with Crippen molar-refractivity contribution in [3.63, 3.8) is 0 Å². The molecule has 0 aliphatic rings. The van der Waals surface area contributed by atoms with Crippen LogP contribution in [-0.2, 0) is 5.92 Å². The third-order valence-electron chi connectivity index (χ3n) is 3.06. The van der Waals surface area contributed by atoms with E-state index in [-0.39, 0.29) is 12.2 Å². The van der Waals surface area contributed by atoms with Gasteiger partial charge in [0.15, 0.2) is 0 Å². The largest absolute Gasteiger partial charge is 0.394 e. The molecule has 1 aromatic rings. The van der Waals surface area contributed by atoms with Gasteiger partial charge in [-0.25, -0.2) is 0 Å². The number of aliphatic hydroxyl groups is 1. The summed E-state index contributed by atoms with van der Waals surface area (Å²) in [5.74, 6) is -2.92. The van der Waals surface area contributed by atoms with Gasteiger partial charge in [0.25, 0.3) is 5.92 Å². The normalized spacial score (nSPS) is 15.6. The topological polar surface area (TPSA) is 32.3 Å². The SMILES string of the molecule is CCC(C)(CO)NCC(F)(F)c1ccccc1. The first-order valence-corrected chi connectivity index (χ1v) is 5.73. The second kappa shape index (κ2) is 5.56. The van der Waals surface area contributed by atoms with Crippen molar-refractivity contribution >= 4 is 0 Å². The molecule has 1 aromatic carbocycles. The number of rotatable bonds is 6. The molecule has 2 nitrogen and oxygen atoms in total. The Kier molecular flexibility index (Phi) is 4.60. The van der Waals surface area contributed by atoms with E-state index in [9.17, 15) is 8.78 Å². The molecular formula is C13H19F2NO. The van der Waals surface area contributed by atoms with E-state index < -0.39 is 18.0 Å². The molecule has 1 unspecified atom stereocenters. The van der Waals surface area contributed by atoms with Crippen LogP contribution in [0.2, 0.25) is 0 Å². The molecule has 4 heteroatoms. The molecule has 2 N–H and O–H groups in total. The summed E-state index contributed by atoms with van der Waals surface area (Å²) >= 11 is 0. The zero-order valence-corrected chi connectivity index (χ0v) is 10.2. The van der Waals surface area contributed by atoms with Crippen LogP contribution in [-0.4, -0.2) is 23.8 Å². The summed E-state index contributed by atoms with van der Waals surface area (Å²) < 4.78 is 27.6. The first-order valence-electron chi connectivity index (χ1n) is 5.73. The lowest BCUT2D eigenvalue weighted by Crippen LogP contribution is -2.49. The van der Waals surface area contributed by atoms with E-state index in [1.54, 1.807) is 25.1 Å². The molecule has 0 spiro atoms. The van der Waals surface area contributed by atoms with Gasteiger partial charge in [0, 0.05) is 11.1 Å². The van der Waals surface area contributed by atoms with Crippen LogP contribution in [0, 0.1) is 0 Å². The minimum Gasteiger partial charge on any atom is -0.394 e. The van der Waals surface area contributed by atoms with Crippen molar-refractivity contribution in [2.24, 2.45) is 0 Å². The summed E-state index contributed by atoms with van der Waals surface area (Å²) in [4.78, 5) is 0. The van der Waals surface area contributed by atoms with Crippen LogP contribution < -0.4 is 5.32 Å². The van der Waals surface area contributed by atoms with Crippen molar-refractivity contribution in [3.05, 3.63) is 35.9 Å². The minimum atomic E-state index is -2.92. The minimum absolute atomic E-state index is 0.0103. The maximum Gasteiger partial charge on any atom is 0.285 e. The maximum atomic E-state index is 13.8. The number of benzene rings is 1. The molecule has 0 aliphatic carbocycles. The first-order chi connectivity index (χ1) is 7.93. The number of hydrogen-bond donors (Lipinski definition) is 2. The molecule has 0 aliphatic heterocycles. The molecular weight excluding hydrogens is 224 g/mol. The zero-order valence-electron chi connectivity index (χ0n) is 10.2. The van der Waals surface area contributed by atoms with Gasteiger partial charge in [-0.15, -0.1) is 0 Å². The Balaban J connectivity index is 2.68. The summed E-state index contributed by atoms with van der Waals surface area (Å²) in [7, 11) is 0. The predicted molar refractivity (Wildman–Crippen MR) is 64.1 cm³/mol. The molecule has 17 heavy (non-hydrogen) atoms. The standard InChI is InChI=1S/C13H19F2NO/c1-3-12(2,10-17)16-9-13(14,15)11-7-5-4-6-8-11/h4-8,16-17H,3,9-10H2,1-2H3. The Labute approximate surface area is 101 Å². The molecule has 1 rings (SSSR count). The van der Waals surface area contributed by atoms with Crippen molar-refractivity contribution in [3.8, 4) is 0 Å². The molecule has 96 valence electrons. The molecule has 0 fully saturated rings. The smallest absolute Gasteiger partial charge is 0.285 e. The van der Waals surface area contributed by atoms with Crippen molar-refractivity contribution in [2.75, 3.05) is 13.2 Å². The van der Waals surface area contributed by atoms with E-state index >= 15 is 0 Å². The fourth-order valence-electron chi connectivity index (χ4n) is 1.40. The van der Waals surface area contributed by atoms with Crippen LogP contribution in [0.15, 0.2) is 30.3 Å². The number of aliphatic hydroxyl groups excluding tert-OH is 1. The van der Waals surface area contributed by atoms with E-state index in [0.717, 1.165) is 0 Å². The van der Waals surface area contributed by atoms with Crippen molar-refractivity contribution < 1.29 is 13.9 Å². The van der Waals surface area contributed by atoms with Gasteiger partial charge in [0.2, 0.25) is 0 Å². The van der Waals surface area contributed by atoms with Crippen LogP contribution in [0.25, 0.3) is 0 Å². The van der Waals surface area contributed by atoms with Gasteiger partial charge in [-0.1, -0.05) is 37.3 Å². The second-order valence-corrected chi connectivity index (χ2v) is 4.50. The summed E-state index contributed by atoms with van der Waals surface area (Å²) in [5.41, 5.74) is -0.665. The molecule has 0 radical (unpaired) electrons. The van der Waals surface area contributed by atoms with Gasteiger partial charge in [-0.2, -0.15) is 8.78 Å². The third kappa shape index (κ3) is 3.75. The Morgan fingerprint density at radius 2 is 1.82 bits per heavy atom. The molecule has 0 amide bonds. The molecule has 0 saturated heterocycles. The molecule has 0 heterocycles. The van der Waals surface area contributed by atoms with Gasteiger partial charge in [-0.05, 0) is 13.3 Å². The fourth-order valence-corrected chi connectivity index (χ4v) is 1.40. The van der Waals surface area contributed by atoms with E-state index in [1.165, 1.54) is 12.1 Å². The van der Waals surface area contributed by atoms with Crippen LogP contribution in [0.5, 0.6) is 0 Å². The molecule has 0 saturated carbocycles. The van der Waals surface area contributed by atoms with Gasteiger partial charge >= 0.3 is 0 Å². The molecule has 1 atom stereocenters. The number of halogens is 2. The summed E-state index contributed by atoms with van der Waals surface area (Å²) in [6.45, 7) is 2.95. The monoisotopic (exact) mass is 243 g/mol. The maximum absolute atomic E-state index is 13.8. The molecule has 0 bridgehead atoms. The van der Waals surface area contributed by atoms with E-state index in [0.29, 0.717) is 6.42 Å². The van der Waals surface area contributed by atoms with E-state index in [2.05, 4.69) is 5.32 Å². The predicted octanol–water partition coefficient (Wildman–Crippen LogP) is 2.53. The van der Waals surface area contributed by atoms with Crippen LogP contribution in [0.3, 0.4) is 0 Å². The van der Waals surface area contributed by atoms with Crippen molar-refractivity contribution in [1.29, 1.82) is 0 Å². The Hall–Kier alpha value is -1.00. The summed E-state index contributed by atoms with van der Waals surface area (Å²) in [6.07, 6.45) is 0.592. The zero-order chi connectivity index (χ0) is 12.9. The van der Waals surface area contributed by atoms with E-state index in [1.807, 2.05) is 6.92 Å². The fraction of sp³-hybridized carbons (Fsp3) is 0.538. The van der Waals surface area contributed by atoms with E-state index in [4.69, 9.17) is 5.11 Å². The Bertz CT molecular complexity index is 337. The molecule has 0 aromatic heterocycles. The van der Waals surface area contributed by atoms with Crippen LogP contribution >= 0.6 is 0 Å². The first kappa shape index (κ1) is 14.1. The lowest BCUT2D eigenvalue weighted by Gasteiger charge is -2.30. The quantitative estimate of drug-likeness (QED) is 0.804. The number of nitrogens with one attached hydrogen (secondary N) is 1. The second-order valence-electron chi connectivity index (χ2n) is 4.50. The van der Waals surface area contributed by atoms with Crippen molar-refractivity contribution in [2.45, 2.75) is 31.7 Å². The highest BCUT2D eigenvalue weighted by atomic mass is 19.3. The Morgan fingerprint density at radius 3 is 2.29 bits per heavy atom. The van der Waals surface area contributed by atoms with Gasteiger partial charge in [0.1, 0.15) is 0 Å².